The highest BCUT2D eigenvalue weighted by Gasteiger charge is 2.23. The first kappa shape index (κ1) is 15.2. The van der Waals surface area contributed by atoms with E-state index in [1.165, 1.54) is 0 Å². The van der Waals surface area contributed by atoms with Gasteiger partial charge >= 0.3 is 12.0 Å². The van der Waals surface area contributed by atoms with Crippen LogP contribution >= 0.6 is 0 Å². The summed E-state index contributed by atoms with van der Waals surface area (Å²) in [6, 6.07) is -1.88. The molecular formula is C11H20N4O4. The molecule has 0 radical (unpaired) electrons. The highest BCUT2D eigenvalue weighted by molar-refractivity contribution is 5.87. The first-order chi connectivity index (χ1) is 8.88. The van der Waals surface area contributed by atoms with E-state index < -0.39 is 30.4 Å². The number of amides is 3. The van der Waals surface area contributed by atoms with Gasteiger partial charge in [0.2, 0.25) is 5.91 Å². The van der Waals surface area contributed by atoms with Gasteiger partial charge in [0.1, 0.15) is 6.04 Å². The molecule has 0 aromatic heterocycles. The van der Waals surface area contributed by atoms with Gasteiger partial charge in [-0.25, -0.2) is 9.59 Å². The molecule has 2 unspecified atom stereocenters. The van der Waals surface area contributed by atoms with Gasteiger partial charge in [-0.2, -0.15) is 0 Å². The molecule has 1 rings (SSSR count). The summed E-state index contributed by atoms with van der Waals surface area (Å²) >= 11 is 0. The van der Waals surface area contributed by atoms with E-state index in [4.69, 9.17) is 10.8 Å². The molecule has 2 atom stereocenters. The lowest BCUT2D eigenvalue weighted by molar-refractivity contribution is -0.140. The van der Waals surface area contributed by atoms with Crippen molar-refractivity contribution in [3.05, 3.63) is 0 Å². The number of carbonyl (C=O) groups is 3. The summed E-state index contributed by atoms with van der Waals surface area (Å²) < 4.78 is 0. The van der Waals surface area contributed by atoms with Crippen LogP contribution in [0, 0.1) is 5.92 Å². The third-order valence-electron chi connectivity index (χ3n) is 3.05. The number of nitrogens with one attached hydrogen (secondary N) is 2. The van der Waals surface area contributed by atoms with Crippen molar-refractivity contribution in [2.24, 2.45) is 11.7 Å². The Labute approximate surface area is 111 Å². The Bertz CT molecular complexity index is 361. The Morgan fingerprint density at radius 3 is 2.63 bits per heavy atom. The van der Waals surface area contributed by atoms with Gasteiger partial charge in [-0.15, -0.1) is 0 Å². The lowest BCUT2D eigenvalue weighted by Crippen LogP contribution is -2.48. The fourth-order valence-electron chi connectivity index (χ4n) is 2.04. The molecule has 19 heavy (non-hydrogen) atoms. The van der Waals surface area contributed by atoms with Crippen LogP contribution in [0.1, 0.15) is 12.8 Å². The van der Waals surface area contributed by atoms with Crippen molar-refractivity contribution < 1.29 is 19.5 Å². The topological polar surface area (TPSA) is 125 Å². The minimum atomic E-state index is -1.29. The van der Waals surface area contributed by atoms with E-state index in [1.807, 2.05) is 7.05 Å². The second-order valence-corrected chi connectivity index (χ2v) is 4.83. The van der Waals surface area contributed by atoms with Gasteiger partial charge in [-0.1, -0.05) is 0 Å². The number of aliphatic carboxylic acids is 1. The van der Waals surface area contributed by atoms with Crippen LogP contribution in [0.2, 0.25) is 0 Å². The monoisotopic (exact) mass is 272 g/mol. The van der Waals surface area contributed by atoms with E-state index in [0.717, 1.165) is 19.5 Å². The van der Waals surface area contributed by atoms with E-state index in [2.05, 4.69) is 15.5 Å². The van der Waals surface area contributed by atoms with Gasteiger partial charge in [0.05, 0.1) is 6.42 Å². The Balaban J connectivity index is 2.32. The van der Waals surface area contributed by atoms with Crippen LogP contribution in [-0.4, -0.2) is 60.6 Å². The van der Waals surface area contributed by atoms with Gasteiger partial charge in [0.15, 0.2) is 0 Å². The molecule has 3 amide bonds. The average molecular weight is 272 g/mol. The molecule has 0 saturated carbocycles. The van der Waals surface area contributed by atoms with Crippen LogP contribution in [0.4, 0.5) is 4.79 Å². The normalized spacial score (nSPS) is 20.8. The predicted molar refractivity (Wildman–Crippen MR) is 67.4 cm³/mol. The summed E-state index contributed by atoms with van der Waals surface area (Å²) in [5.41, 5.74) is 4.92. The number of urea groups is 1. The predicted octanol–water partition coefficient (Wildman–Crippen LogP) is -1.43. The fourth-order valence-corrected chi connectivity index (χ4v) is 2.04. The van der Waals surface area contributed by atoms with Crippen molar-refractivity contribution in [1.82, 2.24) is 15.5 Å². The minimum Gasteiger partial charge on any atom is -0.480 e. The number of nitrogens with zero attached hydrogens (tertiary/aromatic N) is 1. The third-order valence-corrected chi connectivity index (χ3v) is 3.05. The molecule has 1 fully saturated rings. The molecule has 1 saturated heterocycles. The molecule has 8 nitrogen and oxygen atoms in total. The van der Waals surface area contributed by atoms with E-state index >= 15 is 0 Å². The van der Waals surface area contributed by atoms with Crippen molar-refractivity contribution in [2.45, 2.75) is 18.9 Å². The van der Waals surface area contributed by atoms with E-state index in [1.54, 1.807) is 0 Å². The second-order valence-electron chi connectivity index (χ2n) is 4.83. The Morgan fingerprint density at radius 2 is 2.16 bits per heavy atom. The molecule has 0 aromatic carbocycles. The van der Waals surface area contributed by atoms with Crippen molar-refractivity contribution >= 4 is 17.9 Å². The number of carbonyl (C=O) groups excluding carboxylic acids is 2. The first-order valence-electron chi connectivity index (χ1n) is 6.12. The van der Waals surface area contributed by atoms with Gasteiger partial charge in [0, 0.05) is 13.1 Å². The summed E-state index contributed by atoms with van der Waals surface area (Å²) in [7, 11) is 2.01. The molecule has 1 aliphatic heterocycles. The zero-order chi connectivity index (χ0) is 14.4. The Morgan fingerprint density at radius 1 is 1.47 bits per heavy atom. The number of rotatable bonds is 6. The molecule has 0 aliphatic carbocycles. The SMILES string of the molecule is CN1CCC(CNC(=O)NC(CC(N)=O)C(=O)O)C1. The highest BCUT2D eigenvalue weighted by Crippen LogP contribution is 2.12. The van der Waals surface area contributed by atoms with Crippen LogP contribution in [0.3, 0.4) is 0 Å². The quantitative estimate of drug-likeness (QED) is 0.471. The summed E-state index contributed by atoms with van der Waals surface area (Å²) in [6.45, 7) is 2.39. The molecule has 0 bridgehead atoms. The van der Waals surface area contributed by atoms with Crippen molar-refractivity contribution in [2.75, 3.05) is 26.7 Å². The summed E-state index contributed by atoms with van der Waals surface area (Å²) in [4.78, 5) is 35.2. The smallest absolute Gasteiger partial charge is 0.326 e. The Kier molecular flexibility index (Phi) is 5.56. The maximum Gasteiger partial charge on any atom is 0.326 e. The Hall–Kier alpha value is -1.83. The van der Waals surface area contributed by atoms with E-state index in [-0.39, 0.29) is 0 Å². The lowest BCUT2D eigenvalue weighted by Gasteiger charge is -2.15. The van der Waals surface area contributed by atoms with Crippen LogP contribution in [-0.2, 0) is 9.59 Å². The average Bonchev–Trinajstić information content (AvgIpc) is 2.71. The number of carboxylic acids is 1. The van der Waals surface area contributed by atoms with Gasteiger partial charge in [0.25, 0.3) is 0 Å². The molecule has 108 valence electrons. The fraction of sp³-hybridized carbons (Fsp3) is 0.727. The molecule has 0 aromatic rings. The molecule has 5 N–H and O–H groups in total. The second kappa shape index (κ2) is 6.93. The molecule has 8 heteroatoms. The lowest BCUT2D eigenvalue weighted by atomic mass is 10.1. The van der Waals surface area contributed by atoms with Crippen molar-refractivity contribution in [1.29, 1.82) is 0 Å². The van der Waals surface area contributed by atoms with Gasteiger partial charge in [-0.3, -0.25) is 4.79 Å². The zero-order valence-electron chi connectivity index (χ0n) is 10.9. The largest absolute Gasteiger partial charge is 0.480 e. The molecule has 1 aliphatic rings. The zero-order valence-corrected chi connectivity index (χ0v) is 10.9. The first-order valence-corrected chi connectivity index (χ1v) is 6.12. The van der Waals surface area contributed by atoms with Crippen LogP contribution in [0.15, 0.2) is 0 Å². The summed E-state index contributed by atoms with van der Waals surface area (Å²) in [6.07, 6.45) is 0.579. The molecule has 0 spiro atoms. The number of hydrogen-bond acceptors (Lipinski definition) is 4. The van der Waals surface area contributed by atoms with E-state index in [9.17, 15) is 14.4 Å². The third kappa shape index (κ3) is 5.56. The van der Waals surface area contributed by atoms with Crippen LogP contribution in [0.25, 0.3) is 0 Å². The van der Waals surface area contributed by atoms with Crippen LogP contribution in [0.5, 0.6) is 0 Å². The van der Waals surface area contributed by atoms with E-state index in [0.29, 0.717) is 12.5 Å². The number of carboxylic acid groups (broad SMARTS) is 1. The number of primary amides is 1. The minimum absolute atomic E-state index is 0.371. The van der Waals surface area contributed by atoms with Gasteiger partial charge < -0.3 is 26.4 Å². The molecular weight excluding hydrogens is 252 g/mol. The van der Waals surface area contributed by atoms with Crippen molar-refractivity contribution in [3.8, 4) is 0 Å². The summed E-state index contributed by atoms with van der Waals surface area (Å²) in [5.74, 6) is -1.69. The van der Waals surface area contributed by atoms with Gasteiger partial charge in [-0.05, 0) is 25.9 Å². The maximum absolute atomic E-state index is 11.5. The number of likely N-dealkylation sites (tertiary alicyclic amines) is 1. The standard InChI is InChI=1S/C11H20N4O4/c1-15-3-2-7(6-15)5-13-11(19)14-8(10(17)18)4-9(12)16/h7-8H,2-6H2,1H3,(H2,12,16)(H,17,18)(H2,13,14,19). The van der Waals surface area contributed by atoms with Crippen molar-refractivity contribution in [3.63, 3.8) is 0 Å². The molecule has 1 heterocycles. The highest BCUT2D eigenvalue weighted by atomic mass is 16.4. The van der Waals surface area contributed by atoms with Crippen LogP contribution < -0.4 is 16.4 Å². The maximum atomic E-state index is 11.5. The number of nitrogens with two attached hydrogens (primary N) is 1. The summed E-state index contributed by atoms with van der Waals surface area (Å²) in [5, 5.41) is 13.7. The number of hydrogen-bond donors (Lipinski definition) is 4.